The van der Waals surface area contributed by atoms with E-state index >= 15 is 0 Å². The minimum Gasteiger partial charge on any atom is -0.492 e. The van der Waals surface area contributed by atoms with Crippen LogP contribution in [0.15, 0.2) is 53.4 Å². The van der Waals surface area contributed by atoms with Gasteiger partial charge < -0.3 is 14.4 Å². The summed E-state index contributed by atoms with van der Waals surface area (Å²) in [5.41, 5.74) is 1.93. The minimum absolute atomic E-state index is 0.365. The van der Waals surface area contributed by atoms with Crippen LogP contribution in [0.25, 0.3) is 0 Å². The van der Waals surface area contributed by atoms with Crippen LogP contribution in [0.2, 0.25) is 0 Å². The predicted molar refractivity (Wildman–Crippen MR) is 119 cm³/mol. The first-order chi connectivity index (χ1) is 14.2. The van der Waals surface area contributed by atoms with Crippen LogP contribution >= 0.6 is 11.8 Å². The summed E-state index contributed by atoms with van der Waals surface area (Å²) in [6, 6.07) is 15.9. The number of thioether (sulfide) groups is 1. The molecule has 0 atom stereocenters. The maximum atomic E-state index is 12.1. The van der Waals surface area contributed by atoms with Gasteiger partial charge in [-0.3, -0.25) is 10.2 Å². The summed E-state index contributed by atoms with van der Waals surface area (Å²) in [6.07, 6.45) is 1.66. The second kappa shape index (κ2) is 11.0. The normalized spacial score (nSPS) is 14.5. The summed E-state index contributed by atoms with van der Waals surface area (Å²) in [5.74, 6) is 0.647. The Labute approximate surface area is 177 Å². The summed E-state index contributed by atoms with van der Waals surface area (Å²) >= 11 is 1.78. The highest BCUT2D eigenvalue weighted by Gasteiger charge is 2.19. The number of para-hydroxylation sites is 3. The number of piperazine rings is 1. The zero-order valence-corrected chi connectivity index (χ0v) is 17.9. The first kappa shape index (κ1) is 21.3. The van der Waals surface area contributed by atoms with Crippen LogP contribution in [-0.4, -0.2) is 63.2 Å². The van der Waals surface area contributed by atoms with Crippen LogP contribution in [0.4, 0.5) is 16.2 Å². The third-order valence-corrected chi connectivity index (χ3v) is 5.65. The summed E-state index contributed by atoms with van der Waals surface area (Å²) in [5, 5.41) is 2.76. The van der Waals surface area contributed by atoms with Gasteiger partial charge in [-0.25, -0.2) is 4.79 Å². The largest absolute Gasteiger partial charge is 0.492 e. The number of anilines is 2. The van der Waals surface area contributed by atoms with Crippen LogP contribution in [0.3, 0.4) is 0 Å². The molecule has 2 aromatic rings. The van der Waals surface area contributed by atoms with Crippen molar-refractivity contribution in [3.63, 3.8) is 0 Å². The number of hydrogen-bond acceptors (Lipinski definition) is 6. The molecule has 1 amide bonds. The molecule has 0 aromatic heterocycles. The van der Waals surface area contributed by atoms with Crippen LogP contribution in [0.5, 0.6) is 5.75 Å². The van der Waals surface area contributed by atoms with Crippen molar-refractivity contribution in [2.45, 2.75) is 11.8 Å². The number of ether oxygens (including phenoxy) is 2. The summed E-state index contributed by atoms with van der Waals surface area (Å²) in [7, 11) is 0. The van der Waals surface area contributed by atoms with Gasteiger partial charge in [0.05, 0.1) is 18.0 Å². The minimum atomic E-state index is -0.454. The zero-order valence-electron chi connectivity index (χ0n) is 17.1. The summed E-state index contributed by atoms with van der Waals surface area (Å²) in [4.78, 5) is 18.2. The summed E-state index contributed by atoms with van der Waals surface area (Å²) < 4.78 is 10.9. The fourth-order valence-corrected chi connectivity index (χ4v) is 3.99. The highest BCUT2D eigenvalue weighted by Crippen LogP contribution is 2.29. The Bertz CT molecular complexity index is 794. The number of benzene rings is 2. The van der Waals surface area contributed by atoms with Gasteiger partial charge in [-0.1, -0.05) is 24.3 Å². The summed E-state index contributed by atoms with van der Waals surface area (Å²) in [6.45, 7) is 7.43. The van der Waals surface area contributed by atoms with E-state index in [2.05, 4.69) is 45.6 Å². The molecule has 0 spiro atoms. The highest BCUT2D eigenvalue weighted by atomic mass is 32.2. The lowest BCUT2D eigenvalue weighted by Crippen LogP contribution is -2.47. The van der Waals surface area contributed by atoms with Crippen molar-refractivity contribution in [3.8, 4) is 5.75 Å². The van der Waals surface area contributed by atoms with E-state index in [9.17, 15) is 4.79 Å². The second-order valence-electron chi connectivity index (χ2n) is 6.69. The third kappa shape index (κ3) is 6.05. The topological polar surface area (TPSA) is 54.0 Å². The molecule has 1 N–H and O–H groups in total. The average Bonchev–Trinajstić information content (AvgIpc) is 2.76. The van der Waals surface area contributed by atoms with E-state index in [-0.39, 0.29) is 0 Å². The Hall–Kier alpha value is -2.38. The SMILES string of the molecule is CCOc1ccccc1NC(=O)OCCN1CCN(c2ccccc2SC)CC1. The Morgan fingerprint density at radius 2 is 1.79 bits per heavy atom. The quantitative estimate of drug-likeness (QED) is 0.653. The third-order valence-electron chi connectivity index (χ3n) is 4.86. The van der Waals surface area contributed by atoms with Crippen molar-refractivity contribution in [1.82, 2.24) is 4.90 Å². The average molecular weight is 416 g/mol. The lowest BCUT2D eigenvalue weighted by Gasteiger charge is -2.36. The fourth-order valence-electron chi connectivity index (χ4n) is 3.37. The van der Waals surface area contributed by atoms with Crippen molar-refractivity contribution < 1.29 is 14.3 Å². The molecule has 1 fully saturated rings. The Kier molecular flexibility index (Phi) is 8.07. The van der Waals surface area contributed by atoms with E-state index in [1.54, 1.807) is 17.8 Å². The molecule has 1 saturated heterocycles. The number of carbonyl (C=O) groups is 1. The smallest absolute Gasteiger partial charge is 0.411 e. The Balaban J connectivity index is 1.40. The van der Waals surface area contributed by atoms with Gasteiger partial charge in [-0.15, -0.1) is 11.8 Å². The first-order valence-electron chi connectivity index (χ1n) is 9.97. The van der Waals surface area contributed by atoms with Crippen molar-refractivity contribution in [2.75, 3.05) is 62.4 Å². The molecule has 3 rings (SSSR count). The number of amides is 1. The number of rotatable bonds is 8. The van der Waals surface area contributed by atoms with Gasteiger partial charge in [-0.05, 0) is 37.4 Å². The van der Waals surface area contributed by atoms with Crippen molar-refractivity contribution in [3.05, 3.63) is 48.5 Å². The van der Waals surface area contributed by atoms with Gasteiger partial charge in [0.1, 0.15) is 12.4 Å². The molecule has 0 bridgehead atoms. The fraction of sp³-hybridized carbons (Fsp3) is 0.409. The molecule has 6 nitrogen and oxygen atoms in total. The highest BCUT2D eigenvalue weighted by molar-refractivity contribution is 7.98. The lowest BCUT2D eigenvalue weighted by atomic mass is 10.2. The molecule has 1 aliphatic rings. The maximum Gasteiger partial charge on any atom is 0.411 e. The van der Waals surface area contributed by atoms with Gasteiger partial charge in [0.15, 0.2) is 0 Å². The molecular formula is C22H29N3O3S. The molecule has 156 valence electrons. The molecule has 0 aliphatic carbocycles. The van der Waals surface area contributed by atoms with Crippen molar-refractivity contribution in [1.29, 1.82) is 0 Å². The Morgan fingerprint density at radius 1 is 1.07 bits per heavy atom. The standard InChI is InChI=1S/C22H29N3O3S/c1-3-27-20-10-6-4-8-18(20)23-22(26)28-17-16-24-12-14-25(15-13-24)19-9-5-7-11-21(19)29-2/h4-11H,3,12-17H2,1-2H3,(H,23,26). The molecule has 29 heavy (non-hydrogen) atoms. The molecule has 1 heterocycles. The van der Waals surface area contributed by atoms with E-state index in [0.717, 1.165) is 32.7 Å². The van der Waals surface area contributed by atoms with Crippen LogP contribution < -0.4 is 15.0 Å². The number of nitrogens with zero attached hydrogens (tertiary/aromatic N) is 2. The second-order valence-corrected chi connectivity index (χ2v) is 7.54. The molecule has 2 aromatic carbocycles. The van der Waals surface area contributed by atoms with Gasteiger partial charge in [0.2, 0.25) is 0 Å². The van der Waals surface area contributed by atoms with Crippen LogP contribution in [-0.2, 0) is 4.74 Å². The van der Waals surface area contributed by atoms with Crippen LogP contribution in [0, 0.1) is 0 Å². The Morgan fingerprint density at radius 3 is 2.55 bits per heavy atom. The predicted octanol–water partition coefficient (Wildman–Crippen LogP) is 4.18. The van der Waals surface area contributed by atoms with Gasteiger partial charge in [0, 0.05) is 37.6 Å². The van der Waals surface area contributed by atoms with Crippen molar-refractivity contribution in [2.24, 2.45) is 0 Å². The van der Waals surface area contributed by atoms with Crippen molar-refractivity contribution >= 4 is 29.2 Å². The van der Waals surface area contributed by atoms with Gasteiger partial charge >= 0.3 is 6.09 Å². The lowest BCUT2D eigenvalue weighted by molar-refractivity contribution is 0.137. The van der Waals surface area contributed by atoms with Gasteiger partial charge in [0.25, 0.3) is 0 Å². The number of hydrogen-bond donors (Lipinski definition) is 1. The molecule has 0 saturated carbocycles. The van der Waals surface area contributed by atoms with Crippen LogP contribution in [0.1, 0.15) is 6.92 Å². The number of nitrogens with one attached hydrogen (secondary N) is 1. The molecule has 0 unspecified atom stereocenters. The molecule has 1 aliphatic heterocycles. The maximum absolute atomic E-state index is 12.1. The monoisotopic (exact) mass is 415 g/mol. The van der Waals surface area contributed by atoms with E-state index in [0.29, 0.717) is 24.7 Å². The molecule has 0 radical (unpaired) electrons. The molecular weight excluding hydrogens is 386 g/mol. The van der Waals surface area contributed by atoms with E-state index in [1.165, 1.54) is 10.6 Å². The zero-order chi connectivity index (χ0) is 20.5. The van der Waals surface area contributed by atoms with E-state index in [1.807, 2.05) is 25.1 Å². The van der Waals surface area contributed by atoms with E-state index in [4.69, 9.17) is 9.47 Å². The molecule has 7 heteroatoms. The van der Waals surface area contributed by atoms with E-state index < -0.39 is 6.09 Å². The number of carbonyl (C=O) groups excluding carboxylic acids is 1. The first-order valence-corrected chi connectivity index (χ1v) is 11.2. The van der Waals surface area contributed by atoms with Gasteiger partial charge in [-0.2, -0.15) is 0 Å².